The Morgan fingerprint density at radius 3 is 2.34 bits per heavy atom. The number of benzene rings is 2. The van der Waals surface area contributed by atoms with Crippen LogP contribution < -0.4 is 19.1 Å². The number of methoxy groups -OCH3 is 1. The van der Waals surface area contributed by atoms with E-state index in [0.29, 0.717) is 30.3 Å². The van der Waals surface area contributed by atoms with Crippen LogP contribution in [0.25, 0.3) is 0 Å². The van der Waals surface area contributed by atoms with Gasteiger partial charge in [0.1, 0.15) is 17.5 Å². The molecule has 1 atom stereocenters. The quantitative estimate of drug-likeness (QED) is 0.319. The number of hydrogen-bond acceptors (Lipinski definition) is 6. The summed E-state index contributed by atoms with van der Waals surface area (Å²) in [5.41, 5.74) is 1.33. The van der Waals surface area contributed by atoms with Crippen LogP contribution in [0.2, 0.25) is 0 Å². The van der Waals surface area contributed by atoms with Crippen molar-refractivity contribution >= 4 is 27.5 Å². The molecule has 0 heterocycles. The molecule has 210 valence electrons. The number of ether oxygens (including phenoxy) is 2. The topological polar surface area (TPSA) is 105 Å². The molecule has 0 radical (unpaired) electrons. The van der Waals surface area contributed by atoms with Gasteiger partial charge in [-0.25, -0.2) is 8.42 Å². The Labute approximate surface area is 227 Å². The van der Waals surface area contributed by atoms with E-state index in [1.165, 1.54) is 9.21 Å². The second kappa shape index (κ2) is 15.2. The van der Waals surface area contributed by atoms with Crippen molar-refractivity contribution in [3.05, 3.63) is 54.1 Å². The minimum atomic E-state index is -3.57. The van der Waals surface area contributed by atoms with Crippen molar-refractivity contribution in [2.45, 2.75) is 59.0 Å². The predicted molar refractivity (Wildman–Crippen MR) is 150 cm³/mol. The van der Waals surface area contributed by atoms with Gasteiger partial charge in [0.25, 0.3) is 0 Å². The molecule has 2 amide bonds. The lowest BCUT2D eigenvalue weighted by Crippen LogP contribution is -2.48. The molecule has 9 nitrogen and oxygen atoms in total. The molecule has 0 aromatic heterocycles. The van der Waals surface area contributed by atoms with Gasteiger partial charge in [-0.15, -0.1) is 0 Å². The van der Waals surface area contributed by atoms with Crippen LogP contribution >= 0.6 is 0 Å². The molecule has 0 aliphatic carbocycles. The fourth-order valence-electron chi connectivity index (χ4n) is 3.97. The van der Waals surface area contributed by atoms with Crippen LogP contribution in [0.4, 0.5) is 5.69 Å². The molecular weight excluding hydrogens is 506 g/mol. The lowest BCUT2D eigenvalue weighted by Gasteiger charge is -2.29. The first-order chi connectivity index (χ1) is 18.1. The molecule has 10 heteroatoms. The average molecular weight is 548 g/mol. The molecule has 1 N–H and O–H groups in total. The zero-order chi connectivity index (χ0) is 28.1. The maximum Gasteiger partial charge on any atom is 0.242 e. The van der Waals surface area contributed by atoms with Gasteiger partial charge in [0.05, 0.1) is 25.7 Å². The summed E-state index contributed by atoms with van der Waals surface area (Å²) in [6, 6.07) is 13.5. The van der Waals surface area contributed by atoms with Crippen LogP contribution in [-0.2, 0) is 26.2 Å². The van der Waals surface area contributed by atoms with E-state index in [4.69, 9.17) is 9.47 Å². The molecule has 0 saturated heterocycles. The van der Waals surface area contributed by atoms with Crippen molar-refractivity contribution in [3.63, 3.8) is 0 Å². The summed E-state index contributed by atoms with van der Waals surface area (Å²) < 4.78 is 37.0. The number of hydrogen-bond donors (Lipinski definition) is 1. The van der Waals surface area contributed by atoms with Gasteiger partial charge in [0, 0.05) is 26.1 Å². The summed E-state index contributed by atoms with van der Waals surface area (Å²) in [4.78, 5) is 27.8. The lowest BCUT2D eigenvalue weighted by atomic mass is 10.1. The molecule has 0 unspecified atom stereocenters. The number of nitrogens with one attached hydrogen (secondary N) is 1. The second-order valence-corrected chi connectivity index (χ2v) is 11.0. The van der Waals surface area contributed by atoms with E-state index < -0.39 is 16.1 Å². The van der Waals surface area contributed by atoms with Crippen LogP contribution in [0, 0.1) is 0 Å². The Kier molecular flexibility index (Phi) is 12.4. The van der Waals surface area contributed by atoms with Crippen LogP contribution in [-0.4, -0.2) is 64.2 Å². The number of carbonyl (C=O) groups is 2. The first-order valence-corrected chi connectivity index (χ1v) is 14.9. The summed E-state index contributed by atoms with van der Waals surface area (Å²) in [6.07, 6.45) is 3.32. The van der Waals surface area contributed by atoms with Crippen molar-refractivity contribution < 1.29 is 27.5 Å². The van der Waals surface area contributed by atoms with Crippen molar-refractivity contribution in [2.24, 2.45) is 0 Å². The smallest absolute Gasteiger partial charge is 0.242 e. The van der Waals surface area contributed by atoms with Gasteiger partial charge in [0.2, 0.25) is 21.8 Å². The first kappa shape index (κ1) is 31.0. The molecule has 0 bridgehead atoms. The Morgan fingerprint density at radius 1 is 1.03 bits per heavy atom. The molecule has 2 rings (SSSR count). The minimum absolute atomic E-state index is 0.0829. The van der Waals surface area contributed by atoms with Gasteiger partial charge in [-0.2, -0.15) is 0 Å². The molecule has 0 fully saturated rings. The van der Waals surface area contributed by atoms with Gasteiger partial charge < -0.3 is 19.7 Å². The van der Waals surface area contributed by atoms with Crippen LogP contribution in [0.3, 0.4) is 0 Å². The highest BCUT2D eigenvalue weighted by molar-refractivity contribution is 7.92. The van der Waals surface area contributed by atoms with Crippen LogP contribution in [0.1, 0.15) is 52.0 Å². The van der Waals surface area contributed by atoms with E-state index in [0.717, 1.165) is 24.7 Å². The third-order valence-electron chi connectivity index (χ3n) is 6.07. The van der Waals surface area contributed by atoms with Gasteiger partial charge in [-0.05, 0) is 68.7 Å². The van der Waals surface area contributed by atoms with Gasteiger partial charge in [0.15, 0.2) is 0 Å². The SMILES string of the molecule is CCCCNC(=O)[C@H](C)N(Cc1cccc(OC)c1)C(=O)CCCN(c1ccc(OCC)cc1)S(C)(=O)=O. The van der Waals surface area contributed by atoms with Crippen LogP contribution in [0.5, 0.6) is 11.5 Å². The summed E-state index contributed by atoms with van der Waals surface area (Å²) in [5, 5.41) is 2.90. The predicted octanol–water partition coefficient (Wildman–Crippen LogP) is 3.97. The lowest BCUT2D eigenvalue weighted by molar-refractivity contribution is -0.140. The number of unbranched alkanes of at least 4 members (excludes halogenated alkanes) is 1. The van der Waals surface area contributed by atoms with E-state index in [2.05, 4.69) is 5.32 Å². The summed E-state index contributed by atoms with van der Waals surface area (Å²) in [5.74, 6) is 0.862. The van der Waals surface area contributed by atoms with Crippen molar-refractivity contribution in [3.8, 4) is 11.5 Å². The third kappa shape index (κ3) is 9.55. The number of amides is 2. The van der Waals surface area contributed by atoms with E-state index in [1.807, 2.05) is 38.1 Å². The third-order valence-corrected chi connectivity index (χ3v) is 7.27. The largest absolute Gasteiger partial charge is 0.497 e. The Balaban J connectivity index is 2.15. The van der Waals surface area contributed by atoms with Crippen molar-refractivity contribution in [1.82, 2.24) is 10.2 Å². The maximum absolute atomic E-state index is 13.4. The van der Waals surface area contributed by atoms with Crippen LogP contribution in [0.15, 0.2) is 48.5 Å². The Morgan fingerprint density at radius 2 is 1.74 bits per heavy atom. The molecule has 2 aromatic carbocycles. The zero-order valence-electron chi connectivity index (χ0n) is 23.1. The highest BCUT2D eigenvalue weighted by atomic mass is 32.2. The number of anilines is 1. The Hall–Kier alpha value is -3.27. The zero-order valence-corrected chi connectivity index (χ0v) is 23.9. The standard InChI is InChI=1S/C28H41N3O6S/c1-6-8-18-29-28(33)22(3)30(21-23-11-9-12-26(20-23)36-4)27(32)13-10-19-31(38(5,34)35)24-14-16-25(17-15-24)37-7-2/h9,11-12,14-17,20,22H,6-8,10,13,18-19,21H2,1-5H3,(H,29,33)/t22-/m0/s1. The second-order valence-electron chi connectivity index (χ2n) is 9.06. The molecule has 2 aromatic rings. The highest BCUT2D eigenvalue weighted by Gasteiger charge is 2.26. The summed E-state index contributed by atoms with van der Waals surface area (Å²) >= 11 is 0. The van der Waals surface area contributed by atoms with Gasteiger partial charge in [-0.1, -0.05) is 25.5 Å². The number of sulfonamides is 1. The Bertz CT molecular complexity index is 1140. The molecule has 0 saturated carbocycles. The minimum Gasteiger partial charge on any atom is -0.497 e. The molecule has 38 heavy (non-hydrogen) atoms. The number of rotatable bonds is 16. The fraction of sp³-hybridized carbons (Fsp3) is 0.500. The van der Waals surface area contributed by atoms with Gasteiger partial charge >= 0.3 is 0 Å². The first-order valence-electron chi connectivity index (χ1n) is 13.0. The fourth-order valence-corrected chi connectivity index (χ4v) is 4.93. The summed E-state index contributed by atoms with van der Waals surface area (Å²) in [7, 11) is -2.00. The average Bonchev–Trinajstić information content (AvgIpc) is 2.89. The van der Waals surface area contributed by atoms with E-state index >= 15 is 0 Å². The summed E-state index contributed by atoms with van der Waals surface area (Å²) in [6.45, 7) is 7.05. The van der Waals surface area contributed by atoms with E-state index in [-0.39, 0.29) is 37.7 Å². The highest BCUT2D eigenvalue weighted by Crippen LogP contribution is 2.23. The molecule has 0 spiro atoms. The van der Waals surface area contributed by atoms with Crippen molar-refractivity contribution in [2.75, 3.05) is 37.4 Å². The van der Waals surface area contributed by atoms with E-state index in [1.54, 1.807) is 38.3 Å². The number of nitrogens with zero attached hydrogens (tertiary/aromatic N) is 2. The molecule has 0 aliphatic rings. The maximum atomic E-state index is 13.4. The normalized spacial score (nSPS) is 11.9. The molecular formula is C28H41N3O6S. The van der Waals surface area contributed by atoms with Gasteiger partial charge in [-0.3, -0.25) is 13.9 Å². The van der Waals surface area contributed by atoms with Crippen molar-refractivity contribution in [1.29, 1.82) is 0 Å². The molecule has 0 aliphatic heterocycles. The van der Waals surface area contributed by atoms with E-state index in [9.17, 15) is 18.0 Å². The monoisotopic (exact) mass is 547 g/mol. The number of carbonyl (C=O) groups excluding carboxylic acids is 2.